The Bertz CT molecular complexity index is 828. The van der Waals surface area contributed by atoms with Gasteiger partial charge < -0.3 is 15.5 Å². The Morgan fingerprint density at radius 2 is 1.50 bits per heavy atom. The Labute approximate surface area is 165 Å². The molecule has 0 aliphatic rings. The van der Waals surface area contributed by atoms with Crippen LogP contribution in [0.1, 0.15) is 54.5 Å². The molecule has 28 heavy (non-hydrogen) atoms. The standard InChI is InChI=1S/C21H26N4O3/c1-4-12-25(13-5-2)21(28)19-14-16(10-11-22-19)20(27)24-18-8-6-17(7-9-18)23-15(3)26/h6-11,14H,4-5,12-13H2,1-3H3,(H,23,26)(H,24,27). The summed E-state index contributed by atoms with van der Waals surface area (Å²) in [6, 6.07) is 9.88. The van der Waals surface area contributed by atoms with Crippen molar-refractivity contribution in [2.75, 3.05) is 23.7 Å². The largest absolute Gasteiger partial charge is 0.337 e. The molecule has 148 valence electrons. The number of nitrogens with zero attached hydrogens (tertiary/aromatic N) is 2. The van der Waals surface area contributed by atoms with Crippen LogP contribution in [0.4, 0.5) is 11.4 Å². The molecule has 0 radical (unpaired) electrons. The summed E-state index contributed by atoms with van der Waals surface area (Å²) >= 11 is 0. The van der Waals surface area contributed by atoms with E-state index in [0.717, 1.165) is 12.8 Å². The van der Waals surface area contributed by atoms with E-state index in [-0.39, 0.29) is 23.4 Å². The zero-order valence-corrected chi connectivity index (χ0v) is 16.5. The van der Waals surface area contributed by atoms with Crippen molar-refractivity contribution in [2.24, 2.45) is 0 Å². The van der Waals surface area contributed by atoms with Crippen molar-refractivity contribution in [1.29, 1.82) is 0 Å². The van der Waals surface area contributed by atoms with Gasteiger partial charge in [-0.2, -0.15) is 0 Å². The zero-order valence-electron chi connectivity index (χ0n) is 16.5. The average Bonchev–Trinajstić information content (AvgIpc) is 2.68. The second-order valence-electron chi connectivity index (χ2n) is 6.43. The smallest absolute Gasteiger partial charge is 0.272 e. The van der Waals surface area contributed by atoms with Gasteiger partial charge in [-0.05, 0) is 49.2 Å². The molecular formula is C21H26N4O3. The molecule has 0 aliphatic carbocycles. The van der Waals surface area contributed by atoms with Gasteiger partial charge in [0.15, 0.2) is 0 Å². The second kappa shape index (κ2) is 10.2. The van der Waals surface area contributed by atoms with Crippen molar-refractivity contribution in [3.05, 3.63) is 53.9 Å². The van der Waals surface area contributed by atoms with E-state index < -0.39 is 0 Å². The lowest BCUT2D eigenvalue weighted by molar-refractivity contribution is -0.114. The maximum Gasteiger partial charge on any atom is 0.272 e. The maximum atomic E-state index is 12.7. The highest BCUT2D eigenvalue weighted by Crippen LogP contribution is 2.15. The number of rotatable bonds is 8. The molecule has 2 rings (SSSR count). The van der Waals surface area contributed by atoms with Crippen LogP contribution in [0, 0.1) is 0 Å². The Balaban J connectivity index is 2.11. The van der Waals surface area contributed by atoms with Gasteiger partial charge in [0.25, 0.3) is 11.8 Å². The van der Waals surface area contributed by atoms with Crippen molar-refractivity contribution >= 4 is 29.1 Å². The van der Waals surface area contributed by atoms with Gasteiger partial charge in [-0.3, -0.25) is 19.4 Å². The summed E-state index contributed by atoms with van der Waals surface area (Å²) in [5.74, 6) is -0.662. The highest BCUT2D eigenvalue weighted by atomic mass is 16.2. The zero-order chi connectivity index (χ0) is 20.5. The summed E-state index contributed by atoms with van der Waals surface area (Å²) < 4.78 is 0. The molecule has 0 unspecified atom stereocenters. The molecule has 2 aromatic rings. The van der Waals surface area contributed by atoms with Crippen molar-refractivity contribution in [3.63, 3.8) is 0 Å². The topological polar surface area (TPSA) is 91.4 Å². The molecule has 0 saturated carbocycles. The first-order valence-corrected chi connectivity index (χ1v) is 9.39. The van der Waals surface area contributed by atoms with E-state index in [1.807, 2.05) is 13.8 Å². The molecule has 7 heteroatoms. The minimum absolute atomic E-state index is 0.161. The molecule has 0 fully saturated rings. The number of benzene rings is 1. The van der Waals surface area contributed by atoms with E-state index in [9.17, 15) is 14.4 Å². The number of nitrogens with one attached hydrogen (secondary N) is 2. The monoisotopic (exact) mass is 382 g/mol. The number of amides is 3. The maximum absolute atomic E-state index is 12.7. The molecular weight excluding hydrogens is 356 g/mol. The SMILES string of the molecule is CCCN(CCC)C(=O)c1cc(C(=O)Nc2ccc(NC(C)=O)cc2)ccn1. The predicted octanol–water partition coefficient (Wildman–Crippen LogP) is 3.55. The Kier molecular flexibility index (Phi) is 7.68. The van der Waals surface area contributed by atoms with Crippen molar-refractivity contribution < 1.29 is 14.4 Å². The molecule has 3 amide bonds. The second-order valence-corrected chi connectivity index (χ2v) is 6.43. The molecule has 2 N–H and O–H groups in total. The summed E-state index contributed by atoms with van der Waals surface area (Å²) in [6.45, 7) is 6.78. The van der Waals surface area contributed by atoms with Gasteiger partial charge in [-0.1, -0.05) is 13.8 Å². The van der Waals surface area contributed by atoms with Gasteiger partial charge >= 0.3 is 0 Å². The third-order valence-corrected chi connectivity index (χ3v) is 3.98. The Hall–Kier alpha value is -3.22. The fourth-order valence-corrected chi connectivity index (χ4v) is 2.75. The van der Waals surface area contributed by atoms with Crippen LogP contribution in [-0.2, 0) is 4.79 Å². The fraction of sp³-hybridized carbons (Fsp3) is 0.333. The van der Waals surface area contributed by atoms with Crippen LogP contribution in [-0.4, -0.2) is 40.7 Å². The third kappa shape index (κ3) is 5.90. The van der Waals surface area contributed by atoms with E-state index in [1.54, 1.807) is 35.2 Å². The Morgan fingerprint density at radius 3 is 2.04 bits per heavy atom. The van der Waals surface area contributed by atoms with E-state index in [1.165, 1.54) is 19.2 Å². The van der Waals surface area contributed by atoms with Gasteiger partial charge in [0.05, 0.1) is 0 Å². The van der Waals surface area contributed by atoms with Crippen LogP contribution in [0.25, 0.3) is 0 Å². The lowest BCUT2D eigenvalue weighted by Crippen LogP contribution is -2.33. The number of pyridine rings is 1. The molecule has 1 aromatic heterocycles. The van der Waals surface area contributed by atoms with Crippen LogP contribution in [0.3, 0.4) is 0 Å². The highest BCUT2D eigenvalue weighted by molar-refractivity contribution is 6.05. The van der Waals surface area contributed by atoms with Crippen molar-refractivity contribution in [1.82, 2.24) is 9.88 Å². The summed E-state index contributed by atoms with van der Waals surface area (Å²) in [4.78, 5) is 42.2. The summed E-state index contributed by atoms with van der Waals surface area (Å²) in [5.41, 5.74) is 1.85. The summed E-state index contributed by atoms with van der Waals surface area (Å²) in [7, 11) is 0. The van der Waals surface area contributed by atoms with E-state index in [4.69, 9.17) is 0 Å². The lowest BCUT2D eigenvalue weighted by Gasteiger charge is -2.21. The molecule has 1 aromatic carbocycles. The molecule has 0 saturated heterocycles. The number of carbonyl (C=O) groups is 3. The first kappa shape index (κ1) is 21.1. The molecule has 0 atom stereocenters. The van der Waals surface area contributed by atoms with Crippen LogP contribution in [0.2, 0.25) is 0 Å². The van der Waals surface area contributed by atoms with Crippen LogP contribution in [0.5, 0.6) is 0 Å². The third-order valence-electron chi connectivity index (χ3n) is 3.98. The highest BCUT2D eigenvalue weighted by Gasteiger charge is 2.17. The van der Waals surface area contributed by atoms with Gasteiger partial charge in [0.2, 0.25) is 5.91 Å². The molecule has 0 spiro atoms. The Morgan fingerprint density at radius 1 is 0.929 bits per heavy atom. The molecule has 0 bridgehead atoms. The van der Waals surface area contributed by atoms with E-state index >= 15 is 0 Å². The quantitative estimate of drug-likeness (QED) is 0.730. The number of hydrogen-bond donors (Lipinski definition) is 2. The van der Waals surface area contributed by atoms with Crippen LogP contribution in [0.15, 0.2) is 42.6 Å². The van der Waals surface area contributed by atoms with Gasteiger partial charge in [-0.15, -0.1) is 0 Å². The minimum atomic E-state index is -0.332. The van der Waals surface area contributed by atoms with Crippen molar-refractivity contribution in [3.8, 4) is 0 Å². The lowest BCUT2D eigenvalue weighted by atomic mass is 10.2. The first-order valence-electron chi connectivity index (χ1n) is 9.39. The van der Waals surface area contributed by atoms with Crippen LogP contribution < -0.4 is 10.6 Å². The van der Waals surface area contributed by atoms with Crippen molar-refractivity contribution in [2.45, 2.75) is 33.6 Å². The summed E-state index contributed by atoms with van der Waals surface area (Å²) in [5, 5.41) is 5.45. The molecule has 1 heterocycles. The van der Waals surface area contributed by atoms with E-state index in [0.29, 0.717) is 30.0 Å². The van der Waals surface area contributed by atoms with Crippen LogP contribution >= 0.6 is 0 Å². The normalized spacial score (nSPS) is 10.2. The minimum Gasteiger partial charge on any atom is -0.337 e. The van der Waals surface area contributed by atoms with Gasteiger partial charge in [0, 0.05) is 43.1 Å². The van der Waals surface area contributed by atoms with E-state index in [2.05, 4.69) is 15.6 Å². The first-order chi connectivity index (χ1) is 13.4. The number of anilines is 2. The molecule has 0 aliphatic heterocycles. The fourth-order valence-electron chi connectivity index (χ4n) is 2.75. The number of hydrogen-bond acceptors (Lipinski definition) is 4. The van der Waals surface area contributed by atoms with Gasteiger partial charge in [0.1, 0.15) is 5.69 Å². The number of carbonyl (C=O) groups excluding carboxylic acids is 3. The number of aromatic nitrogens is 1. The predicted molar refractivity (Wildman–Crippen MR) is 109 cm³/mol. The molecule has 7 nitrogen and oxygen atoms in total. The summed E-state index contributed by atoms with van der Waals surface area (Å²) in [6.07, 6.45) is 3.19. The average molecular weight is 382 g/mol. The van der Waals surface area contributed by atoms with Gasteiger partial charge in [-0.25, -0.2) is 0 Å².